The number of nitrogen functional groups attached to an aromatic ring is 1. The minimum atomic E-state index is -1.56. The lowest BCUT2D eigenvalue weighted by Gasteiger charge is -2.49. The van der Waals surface area contributed by atoms with Crippen LogP contribution in [0.25, 0.3) is 0 Å². The summed E-state index contributed by atoms with van der Waals surface area (Å²) in [5.74, 6) is -1.56. The van der Waals surface area contributed by atoms with Gasteiger partial charge in [0.15, 0.2) is 10.8 Å². The molecular weight excluding hydrogens is 761 g/mol. The summed E-state index contributed by atoms with van der Waals surface area (Å²) in [5, 5.41) is 7.78. The van der Waals surface area contributed by atoms with Gasteiger partial charge in [0.05, 0.1) is 7.11 Å². The Balaban J connectivity index is 1.53. The fourth-order valence-corrected chi connectivity index (χ4v) is 6.41. The Morgan fingerprint density at radius 1 is 1.19 bits per heavy atom. The van der Waals surface area contributed by atoms with E-state index in [4.69, 9.17) is 24.8 Å². The number of halogens is 1. The Morgan fingerprint density at radius 2 is 1.89 bits per heavy atom. The number of carbonyl (C=O) groups is 4. The normalized spacial score (nSPS) is 18.4. The molecular formula is C31H36IN5O8S2. The molecule has 2 aromatic rings. The predicted octanol–water partition coefficient (Wildman–Crippen LogP) is 3.96. The monoisotopic (exact) mass is 797 g/mol. The van der Waals surface area contributed by atoms with Crippen LogP contribution < -0.4 is 15.8 Å². The highest BCUT2D eigenvalue weighted by molar-refractivity contribution is 14.1. The molecule has 1 unspecified atom stereocenters. The van der Waals surface area contributed by atoms with E-state index in [1.807, 2.05) is 6.08 Å². The third-order valence-electron chi connectivity index (χ3n) is 6.65. The van der Waals surface area contributed by atoms with E-state index in [9.17, 15) is 19.2 Å². The van der Waals surface area contributed by atoms with E-state index >= 15 is 0 Å². The van der Waals surface area contributed by atoms with Crippen molar-refractivity contribution < 1.29 is 38.2 Å². The maximum atomic E-state index is 13.6. The van der Waals surface area contributed by atoms with E-state index in [0.717, 1.165) is 16.9 Å². The van der Waals surface area contributed by atoms with Gasteiger partial charge in [-0.15, -0.1) is 23.1 Å². The minimum absolute atomic E-state index is 0.00808. The molecule has 0 radical (unpaired) electrons. The van der Waals surface area contributed by atoms with Crippen LogP contribution in [0.5, 0.6) is 5.75 Å². The van der Waals surface area contributed by atoms with Crippen molar-refractivity contribution >= 4 is 80.3 Å². The number of nitrogens with one attached hydrogen (secondary N) is 1. The zero-order valence-electron chi connectivity index (χ0n) is 26.7. The van der Waals surface area contributed by atoms with E-state index in [1.54, 1.807) is 58.2 Å². The molecule has 13 nitrogen and oxygen atoms in total. The number of oxime groups is 1. The molecule has 3 N–H and O–H groups in total. The molecule has 1 aromatic carbocycles. The Kier molecular flexibility index (Phi) is 11.6. The van der Waals surface area contributed by atoms with Gasteiger partial charge in [0.25, 0.3) is 11.8 Å². The number of aromatic nitrogens is 1. The first kappa shape index (κ1) is 36.2. The summed E-state index contributed by atoms with van der Waals surface area (Å²) in [7, 11) is 1.56. The van der Waals surface area contributed by atoms with Crippen molar-refractivity contribution in [2.24, 2.45) is 5.16 Å². The fourth-order valence-electron chi connectivity index (χ4n) is 4.29. The zero-order valence-corrected chi connectivity index (χ0v) is 30.5. The summed E-state index contributed by atoms with van der Waals surface area (Å²) in [6.07, 6.45) is 3.69. The molecule has 4 rings (SSSR count). The average molecular weight is 798 g/mol. The third kappa shape index (κ3) is 8.84. The van der Waals surface area contributed by atoms with E-state index in [-0.39, 0.29) is 28.8 Å². The van der Waals surface area contributed by atoms with Gasteiger partial charge < -0.3 is 30.1 Å². The highest BCUT2D eigenvalue weighted by Gasteiger charge is 2.54. The van der Waals surface area contributed by atoms with Crippen LogP contribution >= 0.6 is 45.7 Å². The van der Waals surface area contributed by atoms with Gasteiger partial charge in [0.2, 0.25) is 5.60 Å². The number of esters is 2. The predicted molar refractivity (Wildman–Crippen MR) is 187 cm³/mol. The minimum Gasteiger partial charge on any atom is -0.497 e. The van der Waals surface area contributed by atoms with Crippen LogP contribution in [0.1, 0.15) is 45.9 Å². The second-order valence-electron chi connectivity index (χ2n) is 11.8. The first-order valence-electron chi connectivity index (χ1n) is 14.4. The van der Waals surface area contributed by atoms with E-state index in [1.165, 1.54) is 35.9 Å². The Bertz CT molecular complexity index is 1610. The van der Waals surface area contributed by atoms with Gasteiger partial charge in [0, 0.05) is 15.6 Å². The van der Waals surface area contributed by atoms with E-state index in [0.29, 0.717) is 21.5 Å². The van der Waals surface area contributed by atoms with Crippen molar-refractivity contribution in [2.75, 3.05) is 23.0 Å². The number of hydrogen-bond acceptors (Lipinski definition) is 13. The zero-order chi connectivity index (χ0) is 34.5. The van der Waals surface area contributed by atoms with Crippen molar-refractivity contribution in [1.29, 1.82) is 0 Å². The molecule has 16 heteroatoms. The number of fused-ring (bicyclic) bond motifs is 1. The molecule has 1 aromatic heterocycles. The second-order valence-corrected chi connectivity index (χ2v) is 14.7. The van der Waals surface area contributed by atoms with Gasteiger partial charge in [-0.3, -0.25) is 14.5 Å². The maximum absolute atomic E-state index is 13.6. The van der Waals surface area contributed by atoms with Gasteiger partial charge in [0.1, 0.15) is 40.8 Å². The van der Waals surface area contributed by atoms with Crippen molar-refractivity contribution in [3.63, 3.8) is 0 Å². The number of hydrogen-bond donors (Lipinski definition) is 2. The molecule has 1 saturated heterocycles. The Labute approximate surface area is 294 Å². The number of thiazole rings is 1. The van der Waals surface area contributed by atoms with Crippen LogP contribution in [-0.4, -0.2) is 79.3 Å². The number of ether oxygens (including phenoxy) is 3. The number of nitrogens with zero attached hydrogens (tertiary/aromatic N) is 3. The number of β-lactam (4-membered cyclic amide) rings is 1. The first-order chi connectivity index (χ1) is 22.1. The van der Waals surface area contributed by atoms with Crippen molar-refractivity contribution in [3.05, 3.63) is 64.3 Å². The molecule has 2 aliphatic heterocycles. The quantitative estimate of drug-likeness (QED) is 0.0796. The topological polar surface area (TPSA) is 172 Å². The van der Waals surface area contributed by atoms with E-state index in [2.05, 4.69) is 38.0 Å². The van der Waals surface area contributed by atoms with Crippen LogP contribution in [0, 0.1) is 0 Å². The number of anilines is 1. The number of allylic oxidation sites excluding steroid dienone is 2. The molecule has 3 heterocycles. The highest BCUT2D eigenvalue weighted by Crippen LogP contribution is 2.41. The summed E-state index contributed by atoms with van der Waals surface area (Å²) >= 11 is 4.66. The maximum Gasteiger partial charge on any atom is 0.355 e. The number of amides is 2. The number of benzene rings is 1. The largest absolute Gasteiger partial charge is 0.497 e. The van der Waals surface area contributed by atoms with Crippen LogP contribution in [0.4, 0.5) is 5.13 Å². The highest BCUT2D eigenvalue weighted by atomic mass is 127. The molecule has 2 atom stereocenters. The van der Waals surface area contributed by atoms with Crippen LogP contribution in [0.15, 0.2) is 58.2 Å². The smallest absolute Gasteiger partial charge is 0.355 e. The Morgan fingerprint density at radius 3 is 2.49 bits per heavy atom. The number of methoxy groups -OCH3 is 1. The number of alkyl halides is 1. The van der Waals surface area contributed by atoms with Gasteiger partial charge in [-0.05, 0) is 57.9 Å². The van der Waals surface area contributed by atoms with Crippen LogP contribution in [-0.2, 0) is 40.1 Å². The summed E-state index contributed by atoms with van der Waals surface area (Å²) in [6, 6.07) is 6.09. The molecule has 2 amide bonds. The van der Waals surface area contributed by atoms with Gasteiger partial charge in [-0.2, -0.15) is 0 Å². The number of nitrogens with two attached hydrogens (primary N) is 1. The first-order valence-corrected chi connectivity index (χ1v) is 17.8. The summed E-state index contributed by atoms with van der Waals surface area (Å²) in [6.45, 7) is 8.04. The molecule has 252 valence electrons. The van der Waals surface area contributed by atoms with Crippen molar-refractivity contribution in [3.8, 4) is 5.75 Å². The lowest BCUT2D eigenvalue weighted by Crippen LogP contribution is -2.71. The molecule has 0 aliphatic carbocycles. The van der Waals surface area contributed by atoms with E-state index < -0.39 is 46.4 Å². The summed E-state index contributed by atoms with van der Waals surface area (Å²) in [5.41, 5.74) is 4.79. The van der Waals surface area contributed by atoms with Crippen molar-refractivity contribution in [1.82, 2.24) is 15.2 Å². The number of rotatable bonds is 12. The molecule has 47 heavy (non-hydrogen) atoms. The molecule has 0 bridgehead atoms. The lowest BCUT2D eigenvalue weighted by molar-refractivity contribution is -0.179. The average Bonchev–Trinajstić information content (AvgIpc) is 3.45. The standard InChI is InChI=1S/C31H36IN5O8S2/c1-30(2,3)44-28(41)31(4,5)45-36-21(20-16-47-29(33)34-20)24(38)35-22-25(39)37-23(18(8-7-13-32)15-46-26(22)37)27(40)43-14-17-9-11-19(42-6)12-10-17/h7-12,16,22,26H,13-15H2,1-6H3,(H2,33,34)(H,35,38)/b8-7+,36-21-/t22-,26?/m1/s1. The van der Waals surface area contributed by atoms with Crippen molar-refractivity contribution in [2.45, 2.75) is 63.8 Å². The third-order valence-corrected chi connectivity index (χ3v) is 9.13. The fraction of sp³-hybridized carbons (Fsp3) is 0.419. The summed E-state index contributed by atoms with van der Waals surface area (Å²) in [4.78, 5) is 64.3. The number of thioether (sulfide) groups is 1. The van der Waals surface area contributed by atoms with Crippen LogP contribution in [0.3, 0.4) is 0 Å². The van der Waals surface area contributed by atoms with Gasteiger partial charge >= 0.3 is 11.9 Å². The molecule has 0 saturated carbocycles. The van der Waals surface area contributed by atoms with Gasteiger partial charge in [-0.25, -0.2) is 14.6 Å². The summed E-state index contributed by atoms with van der Waals surface area (Å²) < 4.78 is 16.9. The molecule has 0 spiro atoms. The van der Waals surface area contributed by atoms with Crippen LogP contribution in [0.2, 0.25) is 0 Å². The Hall–Kier alpha value is -3.64. The lowest BCUT2D eigenvalue weighted by atomic mass is 10.0. The molecule has 2 aliphatic rings. The SMILES string of the molecule is COc1ccc(COC(=O)C2=C(/C=C/CI)CSC3[C@H](NC(=O)/C(=N\OC(C)(C)C(=O)OC(C)(C)C)c4csc(N)n4)C(=O)N23)cc1. The number of carbonyl (C=O) groups excluding carboxylic acids is 4. The second kappa shape index (κ2) is 15.1. The van der Waals surface area contributed by atoms with Gasteiger partial charge in [-0.1, -0.05) is 52.0 Å². The molecule has 1 fully saturated rings.